The second-order valence-electron chi connectivity index (χ2n) is 10.6. The highest BCUT2D eigenvalue weighted by molar-refractivity contribution is 7.13. The van der Waals surface area contributed by atoms with Gasteiger partial charge in [0.2, 0.25) is 18.2 Å². The van der Waals surface area contributed by atoms with E-state index in [-0.39, 0.29) is 36.3 Å². The van der Waals surface area contributed by atoms with Gasteiger partial charge >= 0.3 is 5.97 Å². The predicted octanol–water partition coefficient (Wildman–Crippen LogP) is 3.67. The Balaban J connectivity index is 0.000000309. The number of benzene rings is 1. The number of hydrogen-bond acceptors (Lipinski definition) is 7. The van der Waals surface area contributed by atoms with Crippen molar-refractivity contribution in [1.29, 1.82) is 0 Å². The number of aryl methyl sites for hydroxylation is 1. The van der Waals surface area contributed by atoms with Crippen molar-refractivity contribution in [3.63, 3.8) is 0 Å². The first-order valence-corrected chi connectivity index (χ1v) is 13.8. The minimum Gasteiger partial charge on any atom is -0.481 e. The minimum atomic E-state index is -0.892. The van der Waals surface area contributed by atoms with Crippen molar-refractivity contribution in [1.82, 2.24) is 15.2 Å². The van der Waals surface area contributed by atoms with E-state index in [1.807, 2.05) is 31.5 Å². The molecule has 216 valence electrons. The van der Waals surface area contributed by atoms with Gasteiger partial charge in [-0.15, -0.1) is 11.3 Å². The lowest BCUT2D eigenvalue weighted by molar-refractivity contribution is -0.137. The van der Waals surface area contributed by atoms with Crippen LogP contribution in [0.25, 0.3) is 10.4 Å². The van der Waals surface area contributed by atoms with Crippen LogP contribution in [0.15, 0.2) is 29.8 Å². The Hall–Kier alpha value is -3.31. The van der Waals surface area contributed by atoms with Crippen LogP contribution in [0.3, 0.4) is 0 Å². The molecular formula is C28H42N4O6S. The molecule has 2 atom stereocenters. The number of thiazole rings is 1. The van der Waals surface area contributed by atoms with E-state index in [1.54, 1.807) is 16.2 Å². The second kappa shape index (κ2) is 16.6. The number of nitrogens with two attached hydrogens (primary N) is 1. The van der Waals surface area contributed by atoms with Gasteiger partial charge in [0.15, 0.2) is 0 Å². The summed E-state index contributed by atoms with van der Waals surface area (Å²) in [6.07, 6.45) is 2.24. The standard InChI is InChI=1S/C13H14N2OS.C10H19NO2.C5H9NO3/c1-9(14-7-16)11-3-5-12(6-4-11)13-10(2)15-8-17-13;1-10(2,3)6-9(13)11-5-4-8(12)7-11;6-4(7)2-1-3-5(8)9/h3-9H,1-2H3,(H,14,16);8,12H,4-7H2,1-3H3;1-3H2,(H2,6,7)(H,8,9). The van der Waals surface area contributed by atoms with Crippen LogP contribution < -0.4 is 11.1 Å². The average molecular weight is 563 g/mol. The summed E-state index contributed by atoms with van der Waals surface area (Å²) >= 11 is 1.64. The van der Waals surface area contributed by atoms with Crippen molar-refractivity contribution >= 4 is 35.5 Å². The van der Waals surface area contributed by atoms with Gasteiger partial charge in [0, 0.05) is 32.4 Å². The first-order valence-electron chi connectivity index (χ1n) is 12.9. The second-order valence-corrected chi connectivity index (χ2v) is 11.5. The van der Waals surface area contributed by atoms with Gasteiger partial charge in [0.05, 0.1) is 28.2 Å². The van der Waals surface area contributed by atoms with E-state index in [0.717, 1.165) is 30.6 Å². The number of rotatable bonds is 9. The zero-order valence-corrected chi connectivity index (χ0v) is 24.3. The van der Waals surface area contributed by atoms with Gasteiger partial charge in [-0.3, -0.25) is 19.2 Å². The monoisotopic (exact) mass is 562 g/mol. The number of likely N-dealkylation sites (tertiary alicyclic amines) is 1. The van der Waals surface area contributed by atoms with Crippen molar-refractivity contribution in [3.05, 3.63) is 41.0 Å². The van der Waals surface area contributed by atoms with E-state index in [2.05, 4.69) is 43.2 Å². The highest BCUT2D eigenvalue weighted by Gasteiger charge is 2.27. The van der Waals surface area contributed by atoms with Gasteiger partial charge < -0.3 is 26.2 Å². The maximum atomic E-state index is 11.6. The topological polar surface area (TPSA) is 163 Å². The zero-order chi connectivity index (χ0) is 29.6. The Morgan fingerprint density at radius 3 is 2.31 bits per heavy atom. The van der Waals surface area contributed by atoms with Gasteiger partial charge in [-0.25, -0.2) is 4.98 Å². The number of carboxylic acid groups (broad SMARTS) is 1. The number of amides is 3. The van der Waals surface area contributed by atoms with E-state index in [4.69, 9.17) is 10.8 Å². The third-order valence-corrected chi connectivity index (χ3v) is 6.73. The number of nitrogens with one attached hydrogen (secondary N) is 1. The molecule has 2 heterocycles. The molecule has 0 aliphatic carbocycles. The van der Waals surface area contributed by atoms with Gasteiger partial charge in [0.25, 0.3) is 0 Å². The molecule has 0 bridgehead atoms. The van der Waals surface area contributed by atoms with Crippen LogP contribution in [0, 0.1) is 12.3 Å². The molecule has 1 aliphatic heterocycles. The first-order chi connectivity index (χ1) is 18.2. The lowest BCUT2D eigenvalue weighted by atomic mass is 9.92. The highest BCUT2D eigenvalue weighted by Crippen LogP contribution is 2.28. The molecule has 1 fully saturated rings. The molecule has 5 N–H and O–H groups in total. The number of nitrogens with zero attached hydrogens (tertiary/aromatic N) is 2. The number of aliphatic hydroxyl groups excluding tert-OH is 1. The molecule has 1 aliphatic rings. The van der Waals surface area contributed by atoms with Crippen LogP contribution in [0.1, 0.15) is 77.1 Å². The number of β-amino-alcohol motifs (C(OH)–C–C–N with tert-alkyl or cyclic N) is 1. The fraction of sp³-hybridized carbons (Fsp3) is 0.536. The molecule has 0 radical (unpaired) electrons. The fourth-order valence-electron chi connectivity index (χ4n) is 3.65. The zero-order valence-electron chi connectivity index (χ0n) is 23.5. The molecule has 10 nitrogen and oxygen atoms in total. The maximum Gasteiger partial charge on any atom is 0.303 e. The molecule has 1 aromatic heterocycles. The molecule has 2 unspecified atom stereocenters. The molecule has 1 aromatic carbocycles. The van der Waals surface area contributed by atoms with Crippen LogP contribution in [-0.4, -0.2) is 63.5 Å². The number of carbonyl (C=O) groups is 4. The van der Waals surface area contributed by atoms with Crippen molar-refractivity contribution in [2.75, 3.05) is 13.1 Å². The summed E-state index contributed by atoms with van der Waals surface area (Å²) < 4.78 is 0. The molecule has 0 spiro atoms. The summed E-state index contributed by atoms with van der Waals surface area (Å²) in [5.74, 6) is -1.17. The summed E-state index contributed by atoms with van der Waals surface area (Å²) in [6, 6.07) is 8.26. The molecule has 39 heavy (non-hydrogen) atoms. The normalized spacial score (nSPS) is 15.2. The van der Waals surface area contributed by atoms with E-state index >= 15 is 0 Å². The Bertz CT molecular complexity index is 1050. The quantitative estimate of drug-likeness (QED) is 0.339. The Labute approximate surface area is 234 Å². The number of carboxylic acids is 1. The van der Waals surface area contributed by atoms with Gasteiger partial charge in [-0.1, -0.05) is 45.0 Å². The van der Waals surface area contributed by atoms with E-state index < -0.39 is 11.9 Å². The van der Waals surface area contributed by atoms with Gasteiger partial charge in [-0.2, -0.15) is 0 Å². The summed E-state index contributed by atoms with van der Waals surface area (Å²) in [5.41, 5.74) is 9.98. The minimum absolute atomic E-state index is 0.0168. The van der Waals surface area contributed by atoms with E-state index in [0.29, 0.717) is 19.4 Å². The SMILES string of the molecule is CC(C)(C)CC(=O)N1CCC(O)C1.Cc1ncsc1-c1ccc(C(C)NC=O)cc1.NC(=O)CCCC(=O)O. The fourth-order valence-corrected chi connectivity index (χ4v) is 4.46. The third kappa shape index (κ3) is 13.9. The van der Waals surface area contributed by atoms with Crippen LogP contribution in [0.4, 0.5) is 0 Å². The Morgan fingerprint density at radius 2 is 1.87 bits per heavy atom. The van der Waals surface area contributed by atoms with Gasteiger partial charge in [-0.05, 0) is 43.2 Å². The number of aromatic nitrogens is 1. The lowest BCUT2D eigenvalue weighted by Gasteiger charge is -2.22. The summed E-state index contributed by atoms with van der Waals surface area (Å²) in [7, 11) is 0. The molecule has 0 saturated carbocycles. The molecule has 3 rings (SSSR count). The molecule has 3 amide bonds. The summed E-state index contributed by atoms with van der Waals surface area (Å²) in [4.78, 5) is 49.0. The number of aliphatic carboxylic acids is 1. The average Bonchev–Trinajstić information content (AvgIpc) is 3.47. The maximum absolute atomic E-state index is 11.6. The van der Waals surface area contributed by atoms with Crippen molar-refractivity contribution in [2.45, 2.75) is 78.9 Å². The Morgan fingerprint density at radius 1 is 1.23 bits per heavy atom. The van der Waals surface area contributed by atoms with Crippen LogP contribution in [-0.2, 0) is 19.2 Å². The molecule has 2 aromatic rings. The van der Waals surface area contributed by atoms with E-state index in [1.165, 1.54) is 10.4 Å². The number of hydrogen-bond donors (Lipinski definition) is 4. The molecule has 11 heteroatoms. The summed E-state index contributed by atoms with van der Waals surface area (Å²) in [5, 5.41) is 20.1. The number of carbonyl (C=O) groups excluding carboxylic acids is 3. The van der Waals surface area contributed by atoms with Crippen LogP contribution in [0.5, 0.6) is 0 Å². The molecule has 1 saturated heterocycles. The lowest BCUT2D eigenvalue weighted by Crippen LogP contribution is -2.32. The number of primary amides is 1. The van der Waals surface area contributed by atoms with Crippen LogP contribution >= 0.6 is 11.3 Å². The Kier molecular flexibility index (Phi) is 14.4. The molecular weight excluding hydrogens is 520 g/mol. The van der Waals surface area contributed by atoms with Crippen molar-refractivity contribution in [2.24, 2.45) is 11.1 Å². The first kappa shape index (κ1) is 33.7. The predicted molar refractivity (Wildman–Crippen MR) is 152 cm³/mol. The smallest absolute Gasteiger partial charge is 0.303 e. The van der Waals surface area contributed by atoms with Gasteiger partial charge in [0.1, 0.15) is 0 Å². The van der Waals surface area contributed by atoms with Crippen molar-refractivity contribution in [3.8, 4) is 10.4 Å². The highest BCUT2D eigenvalue weighted by atomic mass is 32.1. The van der Waals surface area contributed by atoms with E-state index in [9.17, 15) is 24.3 Å². The number of aliphatic hydroxyl groups is 1. The summed E-state index contributed by atoms with van der Waals surface area (Å²) in [6.45, 7) is 11.4. The van der Waals surface area contributed by atoms with Crippen LogP contribution in [0.2, 0.25) is 0 Å². The third-order valence-electron chi connectivity index (χ3n) is 5.75. The largest absolute Gasteiger partial charge is 0.481 e. The van der Waals surface area contributed by atoms with Crippen molar-refractivity contribution < 1.29 is 29.4 Å².